The minimum absolute atomic E-state index is 0.279. The highest BCUT2D eigenvalue weighted by atomic mass is 16.5. The van der Waals surface area contributed by atoms with Gasteiger partial charge in [0, 0.05) is 38.3 Å². The van der Waals surface area contributed by atoms with Crippen LogP contribution in [-0.4, -0.2) is 45.6 Å². The molecule has 1 unspecified atom stereocenters. The maximum absolute atomic E-state index is 10.5. The molecule has 0 aliphatic carbocycles. The van der Waals surface area contributed by atoms with Crippen LogP contribution in [0.2, 0.25) is 0 Å². The van der Waals surface area contributed by atoms with Gasteiger partial charge in [0.2, 0.25) is 0 Å². The number of nitrogens with zero attached hydrogens (tertiary/aromatic N) is 3. The van der Waals surface area contributed by atoms with Crippen LogP contribution in [0.3, 0.4) is 0 Å². The van der Waals surface area contributed by atoms with Gasteiger partial charge in [-0.25, -0.2) is 0 Å². The Labute approximate surface area is 182 Å². The lowest BCUT2D eigenvalue weighted by molar-refractivity contribution is 0.0638. The summed E-state index contributed by atoms with van der Waals surface area (Å²) in [6.07, 6.45) is 2.52. The minimum Gasteiger partial charge on any atom is -0.491 e. The number of aromatic nitrogens is 2. The van der Waals surface area contributed by atoms with Crippen LogP contribution in [0, 0.1) is 0 Å². The molecule has 1 aliphatic heterocycles. The summed E-state index contributed by atoms with van der Waals surface area (Å²) in [5.41, 5.74) is 5.94. The minimum atomic E-state index is -0.529. The van der Waals surface area contributed by atoms with Gasteiger partial charge in [-0.05, 0) is 46.9 Å². The third kappa shape index (κ3) is 4.48. The van der Waals surface area contributed by atoms with Crippen LogP contribution in [0.25, 0.3) is 22.0 Å². The number of β-amino-alcohol motifs (C(OH)–C–C–N with tert-alkyl or cyclic N) is 1. The molecule has 1 aromatic heterocycles. The van der Waals surface area contributed by atoms with Gasteiger partial charge in [0.05, 0.1) is 5.52 Å². The van der Waals surface area contributed by atoms with E-state index in [-0.39, 0.29) is 6.61 Å². The molecule has 1 N–H and O–H groups in total. The Morgan fingerprint density at radius 1 is 1.00 bits per heavy atom. The van der Waals surface area contributed by atoms with Gasteiger partial charge in [-0.2, -0.15) is 5.10 Å². The first kappa shape index (κ1) is 19.8. The summed E-state index contributed by atoms with van der Waals surface area (Å²) in [7, 11) is 1.93. The van der Waals surface area contributed by atoms with E-state index in [1.54, 1.807) is 0 Å². The predicted octanol–water partition coefficient (Wildman–Crippen LogP) is 4.04. The molecule has 4 aromatic rings. The van der Waals surface area contributed by atoms with Crippen molar-refractivity contribution in [2.45, 2.75) is 19.1 Å². The molecule has 0 fully saturated rings. The van der Waals surface area contributed by atoms with Crippen molar-refractivity contribution < 1.29 is 9.84 Å². The molecule has 3 aromatic carbocycles. The van der Waals surface area contributed by atoms with E-state index in [1.165, 1.54) is 11.1 Å². The second-order valence-corrected chi connectivity index (χ2v) is 8.32. The molecule has 31 heavy (non-hydrogen) atoms. The number of aliphatic hydroxyl groups is 1. The molecule has 1 aliphatic rings. The summed E-state index contributed by atoms with van der Waals surface area (Å²) < 4.78 is 7.77. The van der Waals surface area contributed by atoms with E-state index in [0.717, 1.165) is 47.3 Å². The number of aliphatic hydroxyl groups excluding tert-OH is 1. The Bertz CT molecular complexity index is 1200. The van der Waals surface area contributed by atoms with Crippen LogP contribution >= 0.6 is 0 Å². The summed E-state index contributed by atoms with van der Waals surface area (Å²) in [5, 5.41) is 16.2. The molecule has 0 saturated carbocycles. The normalized spacial score (nSPS) is 15.0. The summed E-state index contributed by atoms with van der Waals surface area (Å²) in [4.78, 5) is 2.30. The number of ether oxygens (including phenoxy) is 1. The van der Waals surface area contributed by atoms with Gasteiger partial charge in [0.15, 0.2) is 0 Å². The number of benzene rings is 3. The standard InChI is InChI=1S/C26H27N3O2/c1-28-15-23-10-9-21(14-26(23)27-28)20-7-4-8-25(13-20)31-18-24(30)17-29-12-11-19-5-2-3-6-22(19)16-29/h2-10,13-15,24,30H,11-12,16-18H2,1H3. The van der Waals surface area contributed by atoms with E-state index < -0.39 is 6.10 Å². The zero-order chi connectivity index (χ0) is 21.2. The van der Waals surface area contributed by atoms with Crippen molar-refractivity contribution in [3.63, 3.8) is 0 Å². The maximum Gasteiger partial charge on any atom is 0.120 e. The van der Waals surface area contributed by atoms with Crippen LogP contribution in [0.5, 0.6) is 5.75 Å². The van der Waals surface area contributed by atoms with Gasteiger partial charge in [-0.1, -0.05) is 48.5 Å². The van der Waals surface area contributed by atoms with Gasteiger partial charge in [-0.15, -0.1) is 0 Å². The molecule has 0 bridgehead atoms. The summed E-state index contributed by atoms with van der Waals surface area (Å²) in [5.74, 6) is 0.765. The third-order valence-corrected chi connectivity index (χ3v) is 5.91. The zero-order valence-corrected chi connectivity index (χ0v) is 17.7. The van der Waals surface area contributed by atoms with Gasteiger partial charge in [0.1, 0.15) is 18.5 Å². The average Bonchev–Trinajstić information content (AvgIpc) is 3.17. The fraction of sp³-hybridized carbons (Fsp3) is 0.269. The topological polar surface area (TPSA) is 50.5 Å². The van der Waals surface area contributed by atoms with Crippen molar-refractivity contribution in [2.75, 3.05) is 19.7 Å². The maximum atomic E-state index is 10.5. The smallest absolute Gasteiger partial charge is 0.120 e. The molecule has 5 heteroatoms. The van der Waals surface area contributed by atoms with Gasteiger partial charge in [-0.3, -0.25) is 9.58 Å². The first-order valence-corrected chi connectivity index (χ1v) is 10.8. The predicted molar refractivity (Wildman–Crippen MR) is 123 cm³/mol. The number of fused-ring (bicyclic) bond motifs is 2. The van der Waals surface area contributed by atoms with Crippen molar-refractivity contribution in [3.05, 3.63) is 84.1 Å². The van der Waals surface area contributed by atoms with Crippen LogP contribution in [-0.2, 0) is 20.0 Å². The zero-order valence-electron chi connectivity index (χ0n) is 17.7. The fourth-order valence-corrected chi connectivity index (χ4v) is 4.34. The molecule has 158 valence electrons. The Kier molecular flexibility index (Phi) is 5.45. The lowest BCUT2D eigenvalue weighted by atomic mass is 10.00. The lowest BCUT2D eigenvalue weighted by Gasteiger charge is -2.30. The quantitative estimate of drug-likeness (QED) is 0.518. The van der Waals surface area contributed by atoms with Crippen LogP contribution in [0.1, 0.15) is 11.1 Å². The van der Waals surface area contributed by atoms with Crippen LogP contribution in [0.4, 0.5) is 0 Å². The first-order chi connectivity index (χ1) is 15.1. The summed E-state index contributed by atoms with van der Waals surface area (Å²) >= 11 is 0. The molecule has 5 nitrogen and oxygen atoms in total. The van der Waals surface area contributed by atoms with E-state index in [2.05, 4.69) is 58.5 Å². The Morgan fingerprint density at radius 3 is 2.74 bits per heavy atom. The molecule has 5 rings (SSSR count). The summed E-state index contributed by atoms with van der Waals surface area (Å²) in [6.45, 7) is 2.75. The SMILES string of the molecule is Cn1cc2ccc(-c3cccc(OCC(O)CN4CCc5ccccc5C4)c3)cc2n1. The van der Waals surface area contributed by atoms with E-state index in [4.69, 9.17) is 4.74 Å². The van der Waals surface area contributed by atoms with Crippen LogP contribution < -0.4 is 4.74 Å². The number of hydrogen-bond acceptors (Lipinski definition) is 4. The molecule has 0 radical (unpaired) electrons. The van der Waals surface area contributed by atoms with Gasteiger partial charge >= 0.3 is 0 Å². The van der Waals surface area contributed by atoms with Crippen molar-refractivity contribution in [1.29, 1.82) is 0 Å². The number of hydrogen-bond donors (Lipinski definition) is 1. The van der Waals surface area contributed by atoms with Gasteiger partial charge < -0.3 is 9.84 Å². The van der Waals surface area contributed by atoms with Crippen molar-refractivity contribution in [2.24, 2.45) is 7.05 Å². The fourth-order valence-electron chi connectivity index (χ4n) is 4.34. The molecule has 0 spiro atoms. The Balaban J connectivity index is 1.20. The Morgan fingerprint density at radius 2 is 1.84 bits per heavy atom. The van der Waals surface area contributed by atoms with E-state index >= 15 is 0 Å². The summed E-state index contributed by atoms with van der Waals surface area (Å²) in [6, 6.07) is 22.9. The van der Waals surface area contributed by atoms with Crippen molar-refractivity contribution in [3.8, 4) is 16.9 Å². The van der Waals surface area contributed by atoms with Crippen molar-refractivity contribution in [1.82, 2.24) is 14.7 Å². The van der Waals surface area contributed by atoms with Crippen LogP contribution in [0.15, 0.2) is 72.9 Å². The van der Waals surface area contributed by atoms with E-state index in [0.29, 0.717) is 6.54 Å². The van der Waals surface area contributed by atoms with Crippen molar-refractivity contribution >= 4 is 10.9 Å². The molecular formula is C26H27N3O2. The molecule has 0 amide bonds. The number of rotatable bonds is 6. The lowest BCUT2D eigenvalue weighted by Crippen LogP contribution is -2.38. The van der Waals surface area contributed by atoms with E-state index in [9.17, 15) is 5.11 Å². The molecular weight excluding hydrogens is 386 g/mol. The van der Waals surface area contributed by atoms with Gasteiger partial charge in [0.25, 0.3) is 0 Å². The first-order valence-electron chi connectivity index (χ1n) is 10.8. The largest absolute Gasteiger partial charge is 0.491 e. The highest BCUT2D eigenvalue weighted by molar-refractivity contribution is 5.84. The van der Waals surface area contributed by atoms with E-state index in [1.807, 2.05) is 36.1 Å². The average molecular weight is 414 g/mol. The Hall–Kier alpha value is -3.15. The molecule has 2 heterocycles. The highest BCUT2D eigenvalue weighted by Gasteiger charge is 2.18. The molecule has 0 saturated heterocycles. The number of aryl methyl sites for hydroxylation is 1. The third-order valence-electron chi connectivity index (χ3n) is 5.91. The second-order valence-electron chi connectivity index (χ2n) is 8.32. The monoisotopic (exact) mass is 413 g/mol. The highest BCUT2D eigenvalue weighted by Crippen LogP contribution is 2.27. The molecule has 1 atom stereocenters. The second kappa shape index (κ2) is 8.53.